The molecular weight excluding hydrogens is 254 g/mol. The summed E-state index contributed by atoms with van der Waals surface area (Å²) in [5.41, 5.74) is 1.08. The lowest BCUT2D eigenvalue weighted by molar-refractivity contribution is 0.474. The lowest BCUT2D eigenvalue weighted by Crippen LogP contribution is -2.19. The van der Waals surface area contributed by atoms with Crippen LogP contribution in [-0.2, 0) is 16.5 Å². The topological polar surface area (TPSA) is 86.6 Å². The van der Waals surface area contributed by atoms with E-state index in [1.54, 1.807) is 12.1 Å². The third-order valence-corrected chi connectivity index (χ3v) is 3.29. The van der Waals surface area contributed by atoms with Gasteiger partial charge in [-0.15, -0.1) is 0 Å². The summed E-state index contributed by atoms with van der Waals surface area (Å²) < 4.78 is 29.4. The van der Waals surface area contributed by atoms with Crippen LogP contribution in [0.15, 0.2) is 24.3 Å². The van der Waals surface area contributed by atoms with E-state index >= 15 is 0 Å². The molecule has 1 rings (SSSR count). The van der Waals surface area contributed by atoms with E-state index in [9.17, 15) is 13.5 Å². The molecule has 0 atom stereocenters. The molecule has 0 bridgehead atoms. The molecule has 102 valence electrons. The molecule has 18 heavy (non-hydrogen) atoms. The molecule has 5 nitrogen and oxygen atoms in total. The highest BCUT2D eigenvalue weighted by Crippen LogP contribution is 2.11. The SMILES string of the molecule is O=S(=O)(O)CCCNCCCc1cccc(O)c1. The first kappa shape index (κ1) is 14.9. The summed E-state index contributed by atoms with van der Waals surface area (Å²) in [5.74, 6) is 0.0700. The molecule has 0 amide bonds. The van der Waals surface area contributed by atoms with Crippen molar-refractivity contribution in [3.05, 3.63) is 29.8 Å². The molecule has 0 heterocycles. The Bertz CT molecular complexity index is 459. The number of aryl methyl sites for hydroxylation is 1. The molecule has 0 aliphatic carbocycles. The Balaban J connectivity index is 2.06. The number of hydrogen-bond acceptors (Lipinski definition) is 4. The van der Waals surface area contributed by atoms with E-state index in [1.165, 1.54) is 0 Å². The normalized spacial score (nSPS) is 11.6. The monoisotopic (exact) mass is 273 g/mol. The van der Waals surface area contributed by atoms with Gasteiger partial charge in [-0.1, -0.05) is 12.1 Å². The Labute approximate surface area is 108 Å². The Hall–Kier alpha value is -1.11. The van der Waals surface area contributed by atoms with Crippen molar-refractivity contribution in [3.63, 3.8) is 0 Å². The minimum atomic E-state index is -3.83. The van der Waals surface area contributed by atoms with Crippen molar-refractivity contribution in [1.82, 2.24) is 5.32 Å². The predicted octanol–water partition coefficient (Wildman–Crippen LogP) is 1.19. The van der Waals surface area contributed by atoms with Gasteiger partial charge in [-0.3, -0.25) is 4.55 Å². The summed E-state index contributed by atoms with van der Waals surface area (Å²) in [6.45, 7) is 1.35. The number of benzene rings is 1. The standard InChI is InChI=1S/C12H19NO4S/c14-12-6-1-4-11(10-12)5-2-7-13-8-3-9-18(15,16)17/h1,4,6,10,13-14H,2-3,5,7-9H2,(H,15,16,17). The van der Waals surface area contributed by atoms with E-state index < -0.39 is 10.1 Å². The molecule has 0 spiro atoms. The highest BCUT2D eigenvalue weighted by molar-refractivity contribution is 7.85. The molecule has 0 saturated carbocycles. The lowest BCUT2D eigenvalue weighted by Gasteiger charge is -2.04. The van der Waals surface area contributed by atoms with Gasteiger partial charge in [0.1, 0.15) is 5.75 Å². The Morgan fingerprint density at radius 1 is 1.17 bits per heavy atom. The van der Waals surface area contributed by atoms with Crippen molar-refractivity contribution in [2.75, 3.05) is 18.8 Å². The molecule has 1 aromatic carbocycles. The Morgan fingerprint density at radius 3 is 2.56 bits per heavy atom. The van der Waals surface area contributed by atoms with Crippen LogP contribution < -0.4 is 5.32 Å². The second-order valence-corrected chi connectivity index (χ2v) is 5.74. The van der Waals surface area contributed by atoms with Crippen LogP contribution in [0.25, 0.3) is 0 Å². The van der Waals surface area contributed by atoms with Gasteiger partial charge < -0.3 is 10.4 Å². The van der Waals surface area contributed by atoms with Crippen LogP contribution in [0.2, 0.25) is 0 Å². The maximum atomic E-state index is 10.4. The third kappa shape index (κ3) is 7.26. The maximum absolute atomic E-state index is 10.4. The van der Waals surface area contributed by atoms with Gasteiger partial charge in [0.15, 0.2) is 0 Å². The van der Waals surface area contributed by atoms with Crippen molar-refractivity contribution in [1.29, 1.82) is 0 Å². The Morgan fingerprint density at radius 2 is 1.89 bits per heavy atom. The second-order valence-electron chi connectivity index (χ2n) is 4.16. The summed E-state index contributed by atoms with van der Waals surface area (Å²) >= 11 is 0. The van der Waals surface area contributed by atoms with Gasteiger partial charge in [0.05, 0.1) is 5.75 Å². The molecule has 0 aliphatic heterocycles. The third-order valence-electron chi connectivity index (χ3n) is 2.49. The second kappa shape index (κ2) is 7.35. The fourth-order valence-electron chi connectivity index (χ4n) is 1.63. The fraction of sp³-hybridized carbons (Fsp3) is 0.500. The summed E-state index contributed by atoms with van der Waals surface area (Å²) in [6.07, 6.45) is 2.18. The van der Waals surface area contributed by atoms with Crippen molar-refractivity contribution >= 4 is 10.1 Å². The van der Waals surface area contributed by atoms with Gasteiger partial charge in [-0.2, -0.15) is 8.42 Å². The zero-order valence-corrected chi connectivity index (χ0v) is 11.0. The minimum Gasteiger partial charge on any atom is -0.508 e. The number of phenolic OH excluding ortho intramolecular Hbond substituents is 1. The zero-order chi connectivity index (χ0) is 13.4. The summed E-state index contributed by atoms with van der Waals surface area (Å²) in [5, 5.41) is 12.4. The van der Waals surface area contributed by atoms with Crippen molar-refractivity contribution < 1.29 is 18.1 Å². The van der Waals surface area contributed by atoms with E-state index in [0.717, 1.165) is 24.9 Å². The van der Waals surface area contributed by atoms with Gasteiger partial charge in [-0.25, -0.2) is 0 Å². The molecule has 6 heteroatoms. The summed E-state index contributed by atoms with van der Waals surface area (Å²) in [6, 6.07) is 7.14. The highest BCUT2D eigenvalue weighted by Gasteiger charge is 2.02. The minimum absolute atomic E-state index is 0.202. The van der Waals surface area contributed by atoms with Crippen LogP contribution in [0.5, 0.6) is 5.75 Å². The van der Waals surface area contributed by atoms with E-state index in [0.29, 0.717) is 13.0 Å². The number of rotatable bonds is 8. The van der Waals surface area contributed by atoms with Gasteiger partial charge in [0.2, 0.25) is 0 Å². The number of aromatic hydroxyl groups is 1. The zero-order valence-electron chi connectivity index (χ0n) is 10.2. The molecule has 0 saturated heterocycles. The van der Waals surface area contributed by atoms with Crippen molar-refractivity contribution in [2.24, 2.45) is 0 Å². The van der Waals surface area contributed by atoms with E-state index in [-0.39, 0.29) is 11.5 Å². The number of phenols is 1. The van der Waals surface area contributed by atoms with E-state index in [4.69, 9.17) is 4.55 Å². The summed E-state index contributed by atoms with van der Waals surface area (Å²) in [7, 11) is -3.83. The molecule has 3 N–H and O–H groups in total. The molecule has 0 aromatic heterocycles. The average Bonchev–Trinajstić information content (AvgIpc) is 2.26. The van der Waals surface area contributed by atoms with Gasteiger partial charge in [-0.05, 0) is 50.0 Å². The van der Waals surface area contributed by atoms with Gasteiger partial charge >= 0.3 is 0 Å². The molecule has 0 radical (unpaired) electrons. The largest absolute Gasteiger partial charge is 0.508 e. The molecule has 0 fully saturated rings. The van der Waals surface area contributed by atoms with Crippen LogP contribution >= 0.6 is 0 Å². The van der Waals surface area contributed by atoms with E-state index in [1.807, 2.05) is 12.1 Å². The van der Waals surface area contributed by atoms with Crippen LogP contribution in [0.3, 0.4) is 0 Å². The first-order valence-corrected chi connectivity index (χ1v) is 7.52. The Kier molecular flexibility index (Phi) is 6.11. The van der Waals surface area contributed by atoms with Crippen LogP contribution in [-0.4, -0.2) is 36.9 Å². The van der Waals surface area contributed by atoms with Crippen LogP contribution in [0.4, 0.5) is 0 Å². The van der Waals surface area contributed by atoms with Crippen LogP contribution in [0.1, 0.15) is 18.4 Å². The first-order chi connectivity index (χ1) is 8.47. The first-order valence-electron chi connectivity index (χ1n) is 5.91. The molecule has 0 aliphatic rings. The molecular formula is C12H19NO4S. The quantitative estimate of drug-likeness (QED) is 0.489. The maximum Gasteiger partial charge on any atom is 0.264 e. The number of hydrogen-bond donors (Lipinski definition) is 3. The van der Waals surface area contributed by atoms with E-state index in [2.05, 4.69) is 5.32 Å². The summed E-state index contributed by atoms with van der Waals surface area (Å²) in [4.78, 5) is 0. The fourth-order valence-corrected chi connectivity index (χ4v) is 2.14. The lowest BCUT2D eigenvalue weighted by atomic mass is 10.1. The van der Waals surface area contributed by atoms with Gasteiger partial charge in [0.25, 0.3) is 10.1 Å². The van der Waals surface area contributed by atoms with Gasteiger partial charge in [0, 0.05) is 0 Å². The highest BCUT2D eigenvalue weighted by atomic mass is 32.2. The molecule has 1 aromatic rings. The molecule has 0 unspecified atom stereocenters. The smallest absolute Gasteiger partial charge is 0.264 e. The van der Waals surface area contributed by atoms with Crippen molar-refractivity contribution in [2.45, 2.75) is 19.3 Å². The predicted molar refractivity (Wildman–Crippen MR) is 70.3 cm³/mol. The number of nitrogens with one attached hydrogen (secondary N) is 1. The van der Waals surface area contributed by atoms with Crippen LogP contribution in [0, 0.1) is 0 Å². The average molecular weight is 273 g/mol. The van der Waals surface area contributed by atoms with Crippen molar-refractivity contribution in [3.8, 4) is 5.75 Å².